The number of esters is 2. The molecule has 0 saturated carbocycles. The Labute approximate surface area is 183 Å². The lowest BCUT2D eigenvalue weighted by molar-refractivity contribution is -0.152. The highest BCUT2D eigenvalue weighted by atomic mass is 32.1. The van der Waals surface area contributed by atoms with Crippen LogP contribution in [0.3, 0.4) is 0 Å². The molecule has 0 aromatic carbocycles. The summed E-state index contributed by atoms with van der Waals surface area (Å²) < 4.78 is 10.5. The van der Waals surface area contributed by atoms with Gasteiger partial charge in [0.2, 0.25) is 0 Å². The largest absolute Gasteiger partial charge is 0.462 e. The molecule has 30 heavy (non-hydrogen) atoms. The van der Waals surface area contributed by atoms with E-state index in [1.54, 1.807) is 12.3 Å². The molecule has 2 atom stereocenters. The van der Waals surface area contributed by atoms with Gasteiger partial charge in [-0.05, 0) is 51.5 Å². The van der Waals surface area contributed by atoms with Gasteiger partial charge < -0.3 is 14.8 Å². The summed E-state index contributed by atoms with van der Waals surface area (Å²) in [6.45, 7) is 7.56. The van der Waals surface area contributed by atoms with Crippen LogP contribution in [0.4, 0.5) is 5.00 Å². The van der Waals surface area contributed by atoms with E-state index in [1.165, 1.54) is 29.6 Å². The third kappa shape index (κ3) is 5.26. The summed E-state index contributed by atoms with van der Waals surface area (Å²) in [5.41, 5.74) is 2.03. The summed E-state index contributed by atoms with van der Waals surface area (Å²) in [6, 6.07) is 0. The topological polar surface area (TPSA) is 94.6 Å². The quantitative estimate of drug-likeness (QED) is 0.643. The Balaban J connectivity index is 1.70. The highest BCUT2D eigenvalue weighted by molar-refractivity contribution is 7.17. The molecular formula is C21H26N2O5S2. The number of nitrogens with zero attached hydrogens (tertiary/aromatic N) is 1. The van der Waals surface area contributed by atoms with Crippen LogP contribution in [0.15, 0.2) is 5.38 Å². The lowest BCUT2D eigenvalue weighted by atomic mass is 9.88. The second kappa shape index (κ2) is 9.70. The van der Waals surface area contributed by atoms with Gasteiger partial charge in [-0.3, -0.25) is 9.59 Å². The molecule has 0 bridgehead atoms. The van der Waals surface area contributed by atoms with E-state index in [-0.39, 0.29) is 13.0 Å². The number of rotatable bonds is 7. The second-order valence-electron chi connectivity index (χ2n) is 7.43. The van der Waals surface area contributed by atoms with Gasteiger partial charge in [0.25, 0.3) is 5.91 Å². The standard InChI is InChI=1S/C21H26N2O5S2/c1-5-27-21(26)18-15-7-6-11(2)8-16(15)30-20(18)23-19(25)12(3)28-17(24)9-14-10-29-13(4)22-14/h10-12H,5-9H2,1-4H3,(H,23,25)/t11-,12-/m1/s1. The third-order valence-electron chi connectivity index (χ3n) is 4.90. The van der Waals surface area contributed by atoms with Crippen molar-refractivity contribution in [3.8, 4) is 0 Å². The molecular weight excluding hydrogens is 424 g/mol. The maximum Gasteiger partial charge on any atom is 0.341 e. The maximum absolute atomic E-state index is 12.7. The summed E-state index contributed by atoms with van der Waals surface area (Å²) >= 11 is 2.86. The molecule has 2 aromatic heterocycles. The number of hydrogen-bond donors (Lipinski definition) is 1. The first kappa shape index (κ1) is 22.4. The first-order valence-corrected chi connectivity index (χ1v) is 11.7. The van der Waals surface area contributed by atoms with E-state index in [9.17, 15) is 14.4 Å². The smallest absolute Gasteiger partial charge is 0.341 e. The third-order valence-corrected chi connectivity index (χ3v) is 6.89. The Morgan fingerprint density at radius 1 is 1.37 bits per heavy atom. The van der Waals surface area contributed by atoms with Crippen LogP contribution < -0.4 is 5.32 Å². The molecule has 1 amide bonds. The lowest BCUT2D eigenvalue weighted by Gasteiger charge is -2.18. The summed E-state index contributed by atoms with van der Waals surface area (Å²) in [6.07, 6.45) is 1.67. The van der Waals surface area contributed by atoms with Gasteiger partial charge in [-0.2, -0.15) is 0 Å². The van der Waals surface area contributed by atoms with Crippen LogP contribution in [0, 0.1) is 12.8 Å². The predicted molar refractivity (Wildman–Crippen MR) is 116 cm³/mol. The van der Waals surface area contributed by atoms with Crippen LogP contribution in [-0.4, -0.2) is 35.5 Å². The fourth-order valence-corrected chi connectivity index (χ4v) is 5.42. The van der Waals surface area contributed by atoms with Gasteiger partial charge in [0.15, 0.2) is 6.10 Å². The van der Waals surface area contributed by atoms with E-state index in [1.807, 2.05) is 6.92 Å². The molecule has 1 aliphatic rings. The Morgan fingerprint density at radius 2 is 2.13 bits per heavy atom. The van der Waals surface area contributed by atoms with Gasteiger partial charge in [0, 0.05) is 10.3 Å². The Morgan fingerprint density at radius 3 is 2.80 bits per heavy atom. The molecule has 1 N–H and O–H groups in total. The van der Waals surface area contributed by atoms with Crippen molar-refractivity contribution in [3.05, 3.63) is 32.1 Å². The number of carbonyl (C=O) groups excluding carboxylic acids is 3. The van der Waals surface area contributed by atoms with Gasteiger partial charge in [0.05, 0.1) is 29.3 Å². The SMILES string of the molecule is CCOC(=O)c1c(NC(=O)[C@@H](C)OC(=O)Cc2csc(C)n2)sc2c1CC[C@@H](C)C2. The highest BCUT2D eigenvalue weighted by Gasteiger charge is 2.30. The van der Waals surface area contributed by atoms with Crippen LogP contribution in [0.5, 0.6) is 0 Å². The first-order valence-electron chi connectivity index (χ1n) is 10.0. The van der Waals surface area contributed by atoms with E-state index in [4.69, 9.17) is 9.47 Å². The van der Waals surface area contributed by atoms with E-state index in [0.29, 0.717) is 22.2 Å². The van der Waals surface area contributed by atoms with E-state index >= 15 is 0 Å². The molecule has 0 spiro atoms. The Kier molecular flexibility index (Phi) is 7.25. The van der Waals surface area contributed by atoms with Crippen LogP contribution in [0.2, 0.25) is 0 Å². The van der Waals surface area contributed by atoms with E-state index in [0.717, 1.165) is 34.7 Å². The van der Waals surface area contributed by atoms with Crippen LogP contribution >= 0.6 is 22.7 Å². The average Bonchev–Trinajstić information content (AvgIpc) is 3.23. The van der Waals surface area contributed by atoms with Gasteiger partial charge in [-0.1, -0.05) is 6.92 Å². The molecule has 1 aliphatic carbocycles. The number of nitrogens with one attached hydrogen (secondary N) is 1. The fourth-order valence-electron chi connectivity index (χ4n) is 3.40. The molecule has 7 nitrogen and oxygen atoms in total. The number of anilines is 1. The van der Waals surface area contributed by atoms with Crippen molar-refractivity contribution < 1.29 is 23.9 Å². The lowest BCUT2D eigenvalue weighted by Crippen LogP contribution is -2.30. The zero-order valence-corrected chi connectivity index (χ0v) is 19.2. The molecule has 0 unspecified atom stereocenters. The molecule has 2 aromatic rings. The fraction of sp³-hybridized carbons (Fsp3) is 0.524. The minimum atomic E-state index is -0.995. The van der Waals surface area contributed by atoms with Gasteiger partial charge >= 0.3 is 11.9 Å². The molecule has 2 heterocycles. The molecule has 9 heteroatoms. The van der Waals surface area contributed by atoms with Gasteiger partial charge in [0.1, 0.15) is 5.00 Å². The summed E-state index contributed by atoms with van der Waals surface area (Å²) in [7, 11) is 0. The van der Waals surface area contributed by atoms with Crippen molar-refractivity contribution in [2.24, 2.45) is 5.92 Å². The first-order chi connectivity index (χ1) is 14.3. The van der Waals surface area contributed by atoms with Crippen LogP contribution in [0.25, 0.3) is 0 Å². The predicted octanol–water partition coefficient (Wildman–Crippen LogP) is 3.93. The normalized spacial score (nSPS) is 16.5. The summed E-state index contributed by atoms with van der Waals surface area (Å²) in [5.74, 6) is -0.893. The molecule has 0 saturated heterocycles. The number of aromatic nitrogens is 1. The second-order valence-corrected chi connectivity index (χ2v) is 9.60. The van der Waals surface area contributed by atoms with Gasteiger partial charge in [-0.15, -0.1) is 22.7 Å². The zero-order chi connectivity index (χ0) is 21.8. The van der Waals surface area contributed by atoms with Crippen LogP contribution in [-0.2, 0) is 38.3 Å². The van der Waals surface area contributed by atoms with E-state index < -0.39 is 23.9 Å². The minimum absolute atomic E-state index is 0.0151. The number of thiophene rings is 1. The monoisotopic (exact) mass is 450 g/mol. The van der Waals surface area contributed by atoms with E-state index in [2.05, 4.69) is 17.2 Å². The highest BCUT2D eigenvalue weighted by Crippen LogP contribution is 2.40. The Bertz CT molecular complexity index is 949. The number of carbonyl (C=O) groups is 3. The Hall–Kier alpha value is -2.26. The number of aryl methyl sites for hydroxylation is 1. The summed E-state index contributed by atoms with van der Waals surface area (Å²) in [4.78, 5) is 42.7. The molecule has 0 fully saturated rings. The minimum Gasteiger partial charge on any atom is -0.462 e. The molecule has 0 radical (unpaired) electrons. The van der Waals surface area contributed by atoms with Crippen molar-refractivity contribution in [2.45, 2.75) is 59.5 Å². The average molecular weight is 451 g/mol. The van der Waals surface area contributed by atoms with Crippen molar-refractivity contribution in [3.63, 3.8) is 0 Å². The van der Waals surface area contributed by atoms with Crippen molar-refractivity contribution in [1.82, 2.24) is 4.98 Å². The van der Waals surface area contributed by atoms with Gasteiger partial charge in [-0.25, -0.2) is 9.78 Å². The van der Waals surface area contributed by atoms with Crippen molar-refractivity contribution >= 4 is 45.5 Å². The number of thiazole rings is 1. The van der Waals surface area contributed by atoms with Crippen molar-refractivity contribution in [2.75, 3.05) is 11.9 Å². The number of ether oxygens (including phenoxy) is 2. The number of amides is 1. The molecule has 0 aliphatic heterocycles. The van der Waals surface area contributed by atoms with Crippen molar-refractivity contribution in [1.29, 1.82) is 0 Å². The van der Waals surface area contributed by atoms with Crippen LogP contribution in [0.1, 0.15) is 58.7 Å². The number of fused-ring (bicyclic) bond motifs is 1. The zero-order valence-electron chi connectivity index (χ0n) is 17.6. The summed E-state index contributed by atoms with van der Waals surface area (Å²) in [5, 5.41) is 5.91. The molecule has 3 rings (SSSR count). The molecule has 162 valence electrons. The number of hydrogen-bond acceptors (Lipinski definition) is 8. The maximum atomic E-state index is 12.7.